The van der Waals surface area contributed by atoms with Crippen LogP contribution in [0.5, 0.6) is 34.5 Å². The first-order chi connectivity index (χ1) is 31.1. The number of benzene rings is 7. The van der Waals surface area contributed by atoms with E-state index < -0.39 is 5.43 Å². The Labute approximate surface area is 376 Å². The van der Waals surface area contributed by atoms with Crippen molar-refractivity contribution < 1.29 is 38.7 Å². The second-order valence-electron chi connectivity index (χ2n) is 14.5. The molecular formula is C53H43BrO10. The molecule has 9 aromatic rings. The van der Waals surface area contributed by atoms with Gasteiger partial charge in [0.25, 0.3) is 0 Å². The number of hydrogen-bond acceptors (Lipinski definition) is 10. The van der Waals surface area contributed by atoms with Gasteiger partial charge in [-0.2, -0.15) is 0 Å². The van der Waals surface area contributed by atoms with Gasteiger partial charge >= 0.3 is 0 Å². The van der Waals surface area contributed by atoms with Gasteiger partial charge in [-0.25, -0.2) is 0 Å². The maximum Gasteiger partial charge on any atom is 0.204 e. The van der Waals surface area contributed by atoms with Crippen LogP contribution in [0.3, 0.4) is 0 Å². The highest BCUT2D eigenvalue weighted by molar-refractivity contribution is 9.08. The lowest BCUT2D eigenvalue weighted by Gasteiger charge is -2.15. The fraction of sp³-hybridized carbons (Fsp3) is 0.0943. The molecule has 0 aliphatic rings. The normalized spacial score (nSPS) is 10.8. The second-order valence-corrected chi connectivity index (χ2v) is 15.0. The van der Waals surface area contributed by atoms with Crippen LogP contribution in [-0.2, 0) is 31.4 Å². The zero-order chi connectivity index (χ0) is 45.2. The highest BCUT2D eigenvalue weighted by Gasteiger charge is 2.22. The lowest BCUT2D eigenvalue weighted by Crippen LogP contribution is -2.07. The largest absolute Gasteiger partial charge is 0.507 e. The monoisotopic (exact) mass is 918 g/mol. The molecule has 0 atom stereocenters. The van der Waals surface area contributed by atoms with Gasteiger partial charge in [0.2, 0.25) is 10.9 Å². The van der Waals surface area contributed by atoms with E-state index in [0.29, 0.717) is 53.2 Å². The number of ether oxygens (including phenoxy) is 2. The molecule has 0 aliphatic heterocycles. The Bertz CT molecular complexity index is 3220. The van der Waals surface area contributed by atoms with Crippen molar-refractivity contribution in [3.63, 3.8) is 0 Å². The number of allylic oxidation sites excluding steroid dienone is 2. The van der Waals surface area contributed by atoms with Gasteiger partial charge in [0.1, 0.15) is 58.2 Å². The zero-order valence-corrected chi connectivity index (χ0v) is 36.1. The van der Waals surface area contributed by atoms with Gasteiger partial charge in [0.15, 0.2) is 22.7 Å². The first kappa shape index (κ1) is 44.3. The molecule has 322 valence electrons. The molecule has 10 nitrogen and oxygen atoms in total. The fourth-order valence-corrected chi connectivity index (χ4v) is 7.42. The highest BCUT2D eigenvalue weighted by Crippen LogP contribution is 2.39. The third-order valence-corrected chi connectivity index (χ3v) is 10.8. The maximum atomic E-state index is 13.4. The van der Waals surface area contributed by atoms with Crippen LogP contribution in [-0.4, -0.2) is 20.4 Å². The first-order valence-corrected chi connectivity index (χ1v) is 21.3. The molecule has 0 fully saturated rings. The van der Waals surface area contributed by atoms with Crippen molar-refractivity contribution >= 4 is 59.8 Å². The number of hydrogen-bond donors (Lipinski definition) is 4. The summed E-state index contributed by atoms with van der Waals surface area (Å²) in [7, 11) is 0. The Morgan fingerprint density at radius 2 is 0.953 bits per heavy atom. The molecule has 0 radical (unpaired) electrons. The topological polar surface area (TPSA) is 160 Å². The molecule has 4 N–H and O–H groups in total. The molecule has 2 heterocycles. The molecule has 7 aromatic carbocycles. The summed E-state index contributed by atoms with van der Waals surface area (Å²) in [5, 5.41) is 42.0. The third kappa shape index (κ3) is 9.65. The van der Waals surface area contributed by atoms with Crippen molar-refractivity contribution in [1.82, 2.24) is 0 Å². The number of para-hydroxylation sites is 2. The van der Waals surface area contributed by atoms with Crippen molar-refractivity contribution in [2.45, 2.75) is 31.4 Å². The van der Waals surface area contributed by atoms with Crippen molar-refractivity contribution in [1.29, 1.82) is 0 Å². The molecule has 0 bridgehead atoms. The van der Waals surface area contributed by atoms with Crippen LogP contribution in [0, 0.1) is 0 Å². The first-order valence-electron chi connectivity index (χ1n) is 20.1. The summed E-state index contributed by atoms with van der Waals surface area (Å²) >= 11 is 3.36. The minimum Gasteiger partial charge on any atom is -0.507 e. The van der Waals surface area contributed by atoms with Gasteiger partial charge in [-0.15, -0.1) is 13.2 Å². The van der Waals surface area contributed by atoms with Crippen LogP contribution in [0.4, 0.5) is 0 Å². The average Bonchev–Trinajstić information content (AvgIpc) is 3.31. The van der Waals surface area contributed by atoms with Crippen LogP contribution in [0.2, 0.25) is 0 Å². The van der Waals surface area contributed by atoms with E-state index in [4.69, 9.17) is 18.3 Å². The second kappa shape index (κ2) is 20.4. The van der Waals surface area contributed by atoms with Gasteiger partial charge in [-0.3, -0.25) is 9.59 Å². The number of aromatic hydroxyl groups is 4. The number of alkyl halides is 1. The quantitative estimate of drug-likeness (QED) is 0.0559. The predicted octanol–water partition coefficient (Wildman–Crippen LogP) is 11.9. The molecule has 0 aliphatic carbocycles. The van der Waals surface area contributed by atoms with Crippen molar-refractivity contribution in [3.8, 4) is 34.5 Å². The van der Waals surface area contributed by atoms with Gasteiger partial charge in [-0.05, 0) is 53.8 Å². The molecule has 64 heavy (non-hydrogen) atoms. The SMILES string of the molecule is BrCc1ccccc1.C=CCc1c(O)cc(O)c2c(=O)c3cccc(O)c3oc12.C=CCc1c(OCc2ccccc2)cc(O)c2c(=O)c3cccc(OCc4ccccc4)c3oc12. The van der Waals surface area contributed by atoms with Gasteiger partial charge in [0.05, 0.1) is 10.8 Å². The molecule has 0 saturated heterocycles. The molecule has 9 rings (SSSR count). The average molecular weight is 920 g/mol. The molecule has 11 heteroatoms. The minimum atomic E-state index is -0.468. The Morgan fingerprint density at radius 1 is 0.484 bits per heavy atom. The van der Waals surface area contributed by atoms with Crippen LogP contribution in [0.25, 0.3) is 43.9 Å². The lowest BCUT2D eigenvalue weighted by atomic mass is 10.0. The van der Waals surface area contributed by atoms with Crippen molar-refractivity contribution in [2.75, 3.05) is 0 Å². The van der Waals surface area contributed by atoms with Gasteiger partial charge < -0.3 is 38.7 Å². The number of phenolic OH excluding ortho intramolecular Hbond substituents is 4. The fourth-order valence-electron chi connectivity index (χ4n) is 7.04. The van der Waals surface area contributed by atoms with Crippen LogP contribution >= 0.6 is 15.9 Å². The summed E-state index contributed by atoms with van der Waals surface area (Å²) in [6, 6.07) is 41.9. The zero-order valence-electron chi connectivity index (χ0n) is 34.5. The summed E-state index contributed by atoms with van der Waals surface area (Å²) in [5.74, 6) is -0.0536. The van der Waals surface area contributed by atoms with Crippen LogP contribution in [0.15, 0.2) is 183 Å². The molecule has 0 spiro atoms. The number of phenols is 4. The Hall–Kier alpha value is -7.76. The standard InChI is InChI=1S/C30H24O5.C16H12O5.C7H7Br/c1-2-10-22-26(34-19-21-13-7-4-8-14-21)17-24(31)27-28(32)23-15-9-16-25(29(23)35-30(22)27)33-18-20-11-5-3-6-12-20;1-2-4-8-11(18)7-12(19)13-14(20)9-5-3-6-10(17)15(9)21-16(8)13;8-6-7-4-2-1-3-5-7/h2-9,11-17,31H,1,10,18-19H2;2-3,5-7,17-19H,1,4H2;1-5H,6H2. The molecule has 2 aromatic heterocycles. The van der Waals surface area contributed by atoms with Gasteiger partial charge in [0, 0.05) is 28.6 Å². The summed E-state index contributed by atoms with van der Waals surface area (Å²) in [6.45, 7) is 8.06. The molecule has 0 unspecified atom stereocenters. The van der Waals surface area contributed by atoms with E-state index in [9.17, 15) is 30.0 Å². The summed E-state index contributed by atoms with van der Waals surface area (Å²) in [5.41, 5.74) is 4.13. The van der Waals surface area contributed by atoms with E-state index in [1.807, 2.05) is 78.9 Å². The van der Waals surface area contributed by atoms with E-state index in [-0.39, 0.29) is 67.8 Å². The Balaban J connectivity index is 0.000000177. The van der Waals surface area contributed by atoms with Crippen LogP contribution in [0.1, 0.15) is 27.8 Å². The Kier molecular flexibility index (Phi) is 14.1. The number of fused-ring (bicyclic) bond motifs is 4. The summed E-state index contributed by atoms with van der Waals surface area (Å²) in [6.07, 6.45) is 3.90. The van der Waals surface area contributed by atoms with E-state index in [2.05, 4.69) is 41.2 Å². The predicted molar refractivity (Wildman–Crippen MR) is 255 cm³/mol. The van der Waals surface area contributed by atoms with E-state index >= 15 is 0 Å². The maximum absolute atomic E-state index is 13.4. The van der Waals surface area contributed by atoms with Crippen molar-refractivity contribution in [2.24, 2.45) is 0 Å². The third-order valence-electron chi connectivity index (χ3n) is 10.2. The number of rotatable bonds is 11. The van der Waals surface area contributed by atoms with Crippen LogP contribution < -0.4 is 20.3 Å². The lowest BCUT2D eigenvalue weighted by molar-refractivity contribution is 0.301. The van der Waals surface area contributed by atoms with Gasteiger partial charge in [-0.1, -0.05) is 131 Å². The Morgan fingerprint density at radius 3 is 1.50 bits per heavy atom. The van der Waals surface area contributed by atoms with E-state index in [0.717, 1.165) is 22.5 Å². The highest BCUT2D eigenvalue weighted by atomic mass is 79.9. The summed E-state index contributed by atoms with van der Waals surface area (Å²) < 4.78 is 24.0. The molecule has 0 saturated carbocycles. The minimum absolute atomic E-state index is 0.0188. The smallest absolute Gasteiger partial charge is 0.204 e. The number of halogens is 1. The summed E-state index contributed by atoms with van der Waals surface area (Å²) in [4.78, 5) is 25.9. The molecular weight excluding hydrogens is 876 g/mol. The molecule has 0 amide bonds. The van der Waals surface area contributed by atoms with Crippen molar-refractivity contribution in [3.05, 3.63) is 213 Å². The van der Waals surface area contributed by atoms with E-state index in [1.165, 1.54) is 29.8 Å². The van der Waals surface area contributed by atoms with E-state index in [1.54, 1.807) is 30.4 Å².